The van der Waals surface area contributed by atoms with Crippen molar-refractivity contribution in [2.24, 2.45) is 0 Å². The molecule has 0 atom stereocenters. The Hall–Kier alpha value is -4.12. The number of carbonyl (C=O) groups excluding carboxylic acids is 1. The van der Waals surface area contributed by atoms with Gasteiger partial charge in [0.15, 0.2) is 5.65 Å². The van der Waals surface area contributed by atoms with Crippen LogP contribution in [0.15, 0.2) is 59.8 Å². The second kappa shape index (κ2) is 7.37. The molecule has 2 heterocycles. The van der Waals surface area contributed by atoms with E-state index in [-0.39, 0.29) is 21.6 Å². The van der Waals surface area contributed by atoms with Crippen LogP contribution in [0.1, 0.15) is 10.4 Å². The van der Waals surface area contributed by atoms with Crippen molar-refractivity contribution < 1.29 is 14.1 Å². The molecule has 12 heteroatoms. The Morgan fingerprint density at radius 2 is 1.93 bits per heavy atom. The van der Waals surface area contributed by atoms with Crippen molar-refractivity contribution in [3.63, 3.8) is 0 Å². The number of nitrogens with one attached hydrogen (secondary N) is 1. The number of benzene rings is 2. The van der Waals surface area contributed by atoms with E-state index < -0.39 is 27.9 Å². The lowest BCUT2D eigenvalue weighted by Crippen LogP contribution is -2.33. The molecule has 1 N–H and O–H groups in total. The number of amides is 1. The summed E-state index contributed by atoms with van der Waals surface area (Å²) in [5, 5.41) is 15.1. The van der Waals surface area contributed by atoms with Crippen LogP contribution in [0, 0.1) is 15.9 Å². The van der Waals surface area contributed by atoms with Crippen molar-refractivity contribution in [3.05, 3.63) is 91.9 Å². The molecule has 2 aromatic carbocycles. The molecular formula is C18H10ClFN6O4. The average Bonchev–Trinajstić information content (AvgIpc) is 3.15. The van der Waals surface area contributed by atoms with E-state index in [1.54, 1.807) is 0 Å². The molecule has 4 rings (SSSR count). The molecule has 4 aromatic rings. The Bertz CT molecular complexity index is 1370. The lowest BCUT2D eigenvalue weighted by Gasteiger charge is -2.08. The molecule has 1 amide bonds. The number of nitro benzene ring substituents is 1. The zero-order valence-electron chi connectivity index (χ0n) is 14.8. The Kier molecular flexibility index (Phi) is 4.72. The fourth-order valence-corrected chi connectivity index (χ4v) is 2.92. The number of nitro groups is 1. The molecule has 0 unspecified atom stereocenters. The van der Waals surface area contributed by atoms with Crippen LogP contribution in [0.3, 0.4) is 0 Å². The van der Waals surface area contributed by atoms with E-state index in [0.29, 0.717) is 5.69 Å². The van der Waals surface area contributed by atoms with Gasteiger partial charge >= 0.3 is 0 Å². The molecule has 0 aliphatic rings. The molecule has 150 valence electrons. The largest absolute Gasteiger partial charge is 0.288 e. The van der Waals surface area contributed by atoms with E-state index in [9.17, 15) is 24.1 Å². The number of halogens is 2. The predicted molar refractivity (Wildman–Crippen MR) is 105 cm³/mol. The minimum Gasteiger partial charge on any atom is -0.267 e. The number of nitrogens with zero attached hydrogens (tertiary/aromatic N) is 5. The third kappa shape index (κ3) is 3.37. The van der Waals surface area contributed by atoms with Gasteiger partial charge in [-0.3, -0.25) is 25.1 Å². The first-order valence-electron chi connectivity index (χ1n) is 8.32. The lowest BCUT2D eigenvalue weighted by molar-refractivity contribution is -0.384. The first-order valence-corrected chi connectivity index (χ1v) is 8.69. The molecule has 0 spiro atoms. The maximum atomic E-state index is 13.1. The van der Waals surface area contributed by atoms with Crippen LogP contribution in [0.5, 0.6) is 0 Å². The normalized spacial score (nSPS) is 10.9. The smallest absolute Gasteiger partial charge is 0.267 e. The summed E-state index contributed by atoms with van der Waals surface area (Å²) in [4.78, 5) is 39.5. The number of rotatable bonds is 4. The molecular weight excluding hydrogens is 419 g/mol. The van der Waals surface area contributed by atoms with E-state index in [4.69, 9.17) is 11.6 Å². The van der Waals surface area contributed by atoms with Crippen molar-refractivity contribution in [1.29, 1.82) is 0 Å². The molecule has 0 saturated carbocycles. The van der Waals surface area contributed by atoms with E-state index in [0.717, 1.165) is 17.1 Å². The summed E-state index contributed by atoms with van der Waals surface area (Å²) in [5.74, 6) is -1.19. The van der Waals surface area contributed by atoms with Gasteiger partial charge in [0.05, 0.1) is 16.8 Å². The maximum absolute atomic E-state index is 13.1. The molecule has 0 aliphatic carbocycles. The molecule has 0 radical (unpaired) electrons. The van der Waals surface area contributed by atoms with Gasteiger partial charge in [0, 0.05) is 11.6 Å². The monoisotopic (exact) mass is 428 g/mol. The van der Waals surface area contributed by atoms with Gasteiger partial charge in [-0.25, -0.2) is 18.7 Å². The summed E-state index contributed by atoms with van der Waals surface area (Å²) < 4.78 is 15.3. The van der Waals surface area contributed by atoms with Gasteiger partial charge in [-0.1, -0.05) is 11.6 Å². The van der Waals surface area contributed by atoms with Crippen molar-refractivity contribution >= 4 is 34.2 Å². The van der Waals surface area contributed by atoms with Gasteiger partial charge in [0.25, 0.3) is 17.2 Å². The van der Waals surface area contributed by atoms with Crippen molar-refractivity contribution in [2.75, 3.05) is 5.43 Å². The minimum absolute atomic E-state index is 0.0693. The molecule has 0 saturated heterocycles. The van der Waals surface area contributed by atoms with Gasteiger partial charge in [-0.2, -0.15) is 5.10 Å². The summed E-state index contributed by atoms with van der Waals surface area (Å²) >= 11 is 5.74. The number of hydrogen-bond donors (Lipinski definition) is 1. The summed E-state index contributed by atoms with van der Waals surface area (Å²) in [5.41, 5.74) is 1.88. The van der Waals surface area contributed by atoms with E-state index in [2.05, 4.69) is 15.5 Å². The molecule has 0 bridgehead atoms. The molecule has 0 aliphatic heterocycles. The van der Waals surface area contributed by atoms with E-state index >= 15 is 0 Å². The summed E-state index contributed by atoms with van der Waals surface area (Å²) in [6.45, 7) is 0. The Balaban J connectivity index is 1.67. The Morgan fingerprint density at radius 3 is 2.63 bits per heavy atom. The highest BCUT2D eigenvalue weighted by Gasteiger charge is 2.18. The second-order valence-corrected chi connectivity index (χ2v) is 6.46. The van der Waals surface area contributed by atoms with Crippen molar-refractivity contribution in [3.8, 4) is 5.69 Å². The van der Waals surface area contributed by atoms with E-state index in [1.807, 2.05) is 0 Å². The van der Waals surface area contributed by atoms with Crippen molar-refractivity contribution in [1.82, 2.24) is 19.4 Å². The zero-order valence-corrected chi connectivity index (χ0v) is 15.6. The van der Waals surface area contributed by atoms with Gasteiger partial charge in [-0.05, 0) is 36.4 Å². The van der Waals surface area contributed by atoms with Crippen LogP contribution in [0.25, 0.3) is 16.7 Å². The van der Waals surface area contributed by atoms with Gasteiger partial charge < -0.3 is 0 Å². The average molecular weight is 429 g/mol. The van der Waals surface area contributed by atoms with E-state index in [1.165, 1.54) is 47.3 Å². The SMILES string of the molecule is O=C(Nn1cnc2c(cnn2-c2ccc(F)cc2)c1=O)c1ccc(Cl)c([N+](=O)[O-])c1. The highest BCUT2D eigenvalue weighted by molar-refractivity contribution is 6.32. The topological polar surface area (TPSA) is 125 Å². The molecule has 0 fully saturated rings. The number of carbonyl (C=O) groups is 1. The maximum Gasteiger partial charge on any atom is 0.288 e. The highest BCUT2D eigenvalue weighted by atomic mass is 35.5. The first-order chi connectivity index (χ1) is 14.3. The Labute approximate surface area is 171 Å². The van der Waals surface area contributed by atoms with Crippen molar-refractivity contribution in [2.45, 2.75) is 0 Å². The predicted octanol–water partition coefficient (Wildman–Crippen LogP) is 2.67. The van der Waals surface area contributed by atoms with Gasteiger partial charge in [-0.15, -0.1) is 0 Å². The van der Waals surface area contributed by atoms with Crippen LogP contribution in [-0.2, 0) is 0 Å². The zero-order chi connectivity index (χ0) is 21.4. The number of hydrogen-bond acceptors (Lipinski definition) is 6. The number of fused-ring (bicyclic) bond motifs is 1. The van der Waals surface area contributed by atoms with Gasteiger partial charge in [0.1, 0.15) is 22.6 Å². The quantitative estimate of drug-likeness (QED) is 0.393. The highest BCUT2D eigenvalue weighted by Crippen LogP contribution is 2.25. The fourth-order valence-electron chi connectivity index (χ4n) is 2.73. The molecule has 30 heavy (non-hydrogen) atoms. The standard InChI is InChI=1S/C18H10ClFN6O4/c19-14-6-1-10(7-15(14)26(29)30)17(27)23-24-9-21-16-13(18(24)28)8-22-25(16)12-4-2-11(20)3-5-12/h1-9H,(H,23,27). The van der Waals surface area contributed by atoms with Crippen LogP contribution >= 0.6 is 11.6 Å². The molecule has 2 aromatic heterocycles. The number of aromatic nitrogens is 4. The summed E-state index contributed by atoms with van der Waals surface area (Å²) in [6.07, 6.45) is 2.35. The molecule has 10 nitrogen and oxygen atoms in total. The van der Waals surface area contributed by atoms with Crippen LogP contribution in [-0.4, -0.2) is 30.3 Å². The third-order valence-electron chi connectivity index (χ3n) is 4.19. The summed E-state index contributed by atoms with van der Waals surface area (Å²) in [6, 6.07) is 8.95. The van der Waals surface area contributed by atoms with Crippen LogP contribution in [0.4, 0.5) is 10.1 Å². The second-order valence-electron chi connectivity index (χ2n) is 6.05. The first kappa shape index (κ1) is 19.2. The summed E-state index contributed by atoms with van der Waals surface area (Å²) in [7, 11) is 0. The fraction of sp³-hybridized carbons (Fsp3) is 0. The minimum atomic E-state index is -0.774. The van der Waals surface area contributed by atoms with Crippen LogP contribution in [0.2, 0.25) is 5.02 Å². The van der Waals surface area contributed by atoms with Crippen LogP contribution < -0.4 is 11.0 Å². The Morgan fingerprint density at radius 1 is 1.20 bits per heavy atom. The third-order valence-corrected chi connectivity index (χ3v) is 4.51. The lowest BCUT2D eigenvalue weighted by atomic mass is 10.2. The van der Waals surface area contributed by atoms with Gasteiger partial charge in [0.2, 0.25) is 0 Å².